The molecule has 0 aromatic carbocycles. The number of carbonyl (C=O) groups excluding carboxylic acids is 1. The third-order valence-corrected chi connectivity index (χ3v) is 1.65. The van der Waals surface area contributed by atoms with Crippen LogP contribution < -0.4 is 0 Å². The molecule has 0 rings (SSSR count). The minimum absolute atomic E-state index is 0.0761. The standard InChI is InChI=1S/C10H20O2/c1-7(2)6-12-9(5)10(11)8(3)4/h7-9H,6H2,1-5H3/t9-/m0/s1. The van der Waals surface area contributed by atoms with Crippen LogP contribution in [0.15, 0.2) is 0 Å². The largest absolute Gasteiger partial charge is 0.370 e. The van der Waals surface area contributed by atoms with Crippen LogP contribution in [0.1, 0.15) is 34.6 Å². The molecule has 0 aliphatic rings. The summed E-state index contributed by atoms with van der Waals surface area (Å²) in [6.07, 6.45) is -0.243. The van der Waals surface area contributed by atoms with Crippen molar-refractivity contribution in [3.8, 4) is 0 Å². The molecule has 2 heteroatoms. The molecule has 0 saturated heterocycles. The minimum Gasteiger partial charge on any atom is -0.370 e. The molecule has 0 aliphatic carbocycles. The van der Waals surface area contributed by atoms with Gasteiger partial charge in [-0.15, -0.1) is 0 Å². The molecule has 0 fully saturated rings. The fourth-order valence-corrected chi connectivity index (χ4v) is 0.888. The highest BCUT2D eigenvalue weighted by Crippen LogP contribution is 2.04. The van der Waals surface area contributed by atoms with E-state index in [1.807, 2.05) is 20.8 Å². The quantitative estimate of drug-likeness (QED) is 0.636. The topological polar surface area (TPSA) is 26.3 Å². The van der Waals surface area contributed by atoms with Crippen molar-refractivity contribution >= 4 is 5.78 Å². The molecule has 0 unspecified atom stereocenters. The molecule has 2 nitrogen and oxygen atoms in total. The van der Waals surface area contributed by atoms with Crippen molar-refractivity contribution in [2.75, 3.05) is 6.61 Å². The maximum atomic E-state index is 11.3. The zero-order valence-electron chi connectivity index (χ0n) is 8.76. The lowest BCUT2D eigenvalue weighted by Gasteiger charge is -2.15. The maximum Gasteiger partial charge on any atom is 0.163 e. The molecular formula is C10H20O2. The van der Waals surface area contributed by atoms with E-state index in [0.29, 0.717) is 12.5 Å². The number of hydrogen-bond donors (Lipinski definition) is 0. The Morgan fingerprint density at radius 1 is 1.17 bits per heavy atom. The van der Waals surface area contributed by atoms with Crippen LogP contribution in [0.5, 0.6) is 0 Å². The molecule has 0 heterocycles. The first-order valence-electron chi connectivity index (χ1n) is 4.60. The molecule has 1 atom stereocenters. The molecule has 0 spiro atoms. The van der Waals surface area contributed by atoms with E-state index in [9.17, 15) is 4.79 Å². The van der Waals surface area contributed by atoms with Crippen LogP contribution in [0.2, 0.25) is 0 Å². The van der Waals surface area contributed by atoms with Crippen LogP contribution in [0.3, 0.4) is 0 Å². The maximum absolute atomic E-state index is 11.3. The fourth-order valence-electron chi connectivity index (χ4n) is 0.888. The lowest BCUT2D eigenvalue weighted by atomic mass is 10.1. The Balaban J connectivity index is 3.72. The van der Waals surface area contributed by atoms with Crippen molar-refractivity contribution in [2.45, 2.75) is 40.7 Å². The molecule has 0 amide bonds. The lowest BCUT2D eigenvalue weighted by Crippen LogP contribution is -2.26. The average molecular weight is 172 g/mol. The van der Waals surface area contributed by atoms with Gasteiger partial charge in [-0.05, 0) is 12.8 Å². The predicted molar refractivity (Wildman–Crippen MR) is 50.1 cm³/mol. The molecule has 0 bridgehead atoms. The Morgan fingerprint density at radius 3 is 2.00 bits per heavy atom. The summed E-state index contributed by atoms with van der Waals surface area (Å²) in [7, 11) is 0. The highest BCUT2D eigenvalue weighted by Gasteiger charge is 2.16. The van der Waals surface area contributed by atoms with E-state index in [1.54, 1.807) is 0 Å². The number of ketones is 1. The summed E-state index contributed by atoms with van der Waals surface area (Å²) >= 11 is 0. The molecule has 0 N–H and O–H groups in total. The molecule has 0 aliphatic heterocycles. The second-order valence-electron chi connectivity index (χ2n) is 3.93. The van der Waals surface area contributed by atoms with Crippen LogP contribution in [-0.2, 0) is 9.53 Å². The summed E-state index contributed by atoms with van der Waals surface area (Å²) < 4.78 is 5.38. The second-order valence-corrected chi connectivity index (χ2v) is 3.93. The summed E-state index contributed by atoms with van der Waals surface area (Å²) in [5.41, 5.74) is 0. The van der Waals surface area contributed by atoms with Crippen LogP contribution in [-0.4, -0.2) is 18.5 Å². The minimum atomic E-state index is -0.243. The van der Waals surface area contributed by atoms with Crippen LogP contribution in [0, 0.1) is 11.8 Å². The van der Waals surface area contributed by atoms with Crippen molar-refractivity contribution in [3.63, 3.8) is 0 Å². The van der Waals surface area contributed by atoms with Gasteiger partial charge in [0.05, 0.1) is 0 Å². The summed E-state index contributed by atoms with van der Waals surface area (Å²) in [6.45, 7) is 10.4. The van der Waals surface area contributed by atoms with E-state index in [-0.39, 0.29) is 17.8 Å². The monoisotopic (exact) mass is 172 g/mol. The van der Waals surface area contributed by atoms with Gasteiger partial charge in [0.2, 0.25) is 0 Å². The Morgan fingerprint density at radius 2 is 1.67 bits per heavy atom. The van der Waals surface area contributed by atoms with Crippen molar-refractivity contribution in [3.05, 3.63) is 0 Å². The Kier molecular flexibility index (Phi) is 5.14. The molecule has 0 aromatic heterocycles. The SMILES string of the molecule is CC(C)CO[C@@H](C)C(=O)C(C)C. The van der Waals surface area contributed by atoms with Gasteiger partial charge < -0.3 is 4.74 Å². The first kappa shape index (κ1) is 11.6. The van der Waals surface area contributed by atoms with Gasteiger partial charge >= 0.3 is 0 Å². The highest BCUT2D eigenvalue weighted by molar-refractivity contribution is 5.84. The molecular weight excluding hydrogens is 152 g/mol. The zero-order chi connectivity index (χ0) is 9.72. The van der Waals surface area contributed by atoms with Crippen LogP contribution in [0.4, 0.5) is 0 Å². The van der Waals surface area contributed by atoms with E-state index in [0.717, 1.165) is 0 Å². The normalized spacial score (nSPS) is 13.9. The number of ether oxygens (including phenoxy) is 1. The van der Waals surface area contributed by atoms with E-state index < -0.39 is 0 Å². The van der Waals surface area contributed by atoms with Crippen LogP contribution >= 0.6 is 0 Å². The van der Waals surface area contributed by atoms with Gasteiger partial charge in [-0.2, -0.15) is 0 Å². The molecule has 0 saturated carbocycles. The predicted octanol–water partition coefficient (Wildman–Crippen LogP) is 2.27. The van der Waals surface area contributed by atoms with Crippen LogP contribution in [0.25, 0.3) is 0 Å². The number of rotatable bonds is 5. The Bertz CT molecular complexity index is 139. The molecule has 0 radical (unpaired) electrons. The van der Waals surface area contributed by atoms with Gasteiger partial charge in [-0.1, -0.05) is 27.7 Å². The molecule has 0 aromatic rings. The average Bonchev–Trinajstić information content (AvgIpc) is 1.98. The van der Waals surface area contributed by atoms with Gasteiger partial charge in [-0.25, -0.2) is 0 Å². The third-order valence-electron chi connectivity index (χ3n) is 1.65. The third kappa shape index (κ3) is 4.50. The Labute approximate surface area is 75.3 Å². The van der Waals surface area contributed by atoms with E-state index in [2.05, 4.69) is 13.8 Å². The summed E-state index contributed by atoms with van der Waals surface area (Å²) in [6, 6.07) is 0. The first-order valence-corrected chi connectivity index (χ1v) is 4.60. The summed E-state index contributed by atoms with van der Waals surface area (Å²) in [5, 5.41) is 0. The zero-order valence-corrected chi connectivity index (χ0v) is 8.76. The summed E-state index contributed by atoms with van der Waals surface area (Å²) in [5.74, 6) is 0.759. The number of carbonyl (C=O) groups is 1. The van der Waals surface area contributed by atoms with Gasteiger partial charge in [-0.3, -0.25) is 4.79 Å². The smallest absolute Gasteiger partial charge is 0.163 e. The van der Waals surface area contributed by atoms with Crippen molar-refractivity contribution < 1.29 is 9.53 Å². The van der Waals surface area contributed by atoms with Crippen molar-refractivity contribution in [2.24, 2.45) is 11.8 Å². The fraction of sp³-hybridized carbons (Fsp3) is 0.900. The molecule has 72 valence electrons. The second kappa shape index (κ2) is 5.31. The van der Waals surface area contributed by atoms with E-state index in [4.69, 9.17) is 4.74 Å². The van der Waals surface area contributed by atoms with Gasteiger partial charge in [0, 0.05) is 12.5 Å². The lowest BCUT2D eigenvalue weighted by molar-refractivity contribution is -0.133. The van der Waals surface area contributed by atoms with Gasteiger partial charge in [0.25, 0.3) is 0 Å². The summed E-state index contributed by atoms with van der Waals surface area (Å²) in [4.78, 5) is 11.3. The van der Waals surface area contributed by atoms with Gasteiger partial charge in [0.15, 0.2) is 5.78 Å². The van der Waals surface area contributed by atoms with E-state index >= 15 is 0 Å². The van der Waals surface area contributed by atoms with Gasteiger partial charge in [0.1, 0.15) is 6.10 Å². The first-order chi connectivity index (χ1) is 5.45. The molecule has 12 heavy (non-hydrogen) atoms. The highest BCUT2D eigenvalue weighted by atomic mass is 16.5. The van der Waals surface area contributed by atoms with Crippen molar-refractivity contribution in [1.82, 2.24) is 0 Å². The number of Topliss-reactive ketones (excluding diaryl/α,β-unsaturated/α-hetero) is 1. The Hall–Kier alpha value is -0.370. The number of hydrogen-bond acceptors (Lipinski definition) is 2. The van der Waals surface area contributed by atoms with E-state index in [1.165, 1.54) is 0 Å². The van der Waals surface area contributed by atoms with Crippen molar-refractivity contribution in [1.29, 1.82) is 0 Å².